The van der Waals surface area contributed by atoms with E-state index < -0.39 is 5.97 Å². The number of carboxylic acid groups (broad SMARTS) is 1. The number of hydrogen-bond donors (Lipinski definition) is 3. The number of thioether (sulfide) groups is 1. The number of unbranched alkanes of at least 4 members (excludes halogenated alkanes) is 4. The van der Waals surface area contributed by atoms with E-state index in [1.165, 1.54) is 6.42 Å². The van der Waals surface area contributed by atoms with Crippen molar-refractivity contribution < 1.29 is 14.7 Å². The van der Waals surface area contributed by atoms with Gasteiger partial charge in [0.1, 0.15) is 0 Å². The van der Waals surface area contributed by atoms with Gasteiger partial charge >= 0.3 is 12.0 Å². The molecule has 0 aliphatic carbocycles. The zero-order valence-electron chi connectivity index (χ0n) is 11.1. The summed E-state index contributed by atoms with van der Waals surface area (Å²) in [4.78, 5) is 21.6. The smallest absolute Gasteiger partial charge is 0.315 e. The molecule has 0 aromatic rings. The molecule has 2 heterocycles. The van der Waals surface area contributed by atoms with Crippen molar-refractivity contribution in [1.82, 2.24) is 10.6 Å². The summed E-state index contributed by atoms with van der Waals surface area (Å²) < 4.78 is 0. The van der Waals surface area contributed by atoms with Gasteiger partial charge in [0, 0.05) is 17.4 Å². The first-order valence-electron chi connectivity index (χ1n) is 7.07. The number of aliphatic carboxylic acids is 1. The van der Waals surface area contributed by atoms with Crippen LogP contribution in [0, 0.1) is 0 Å². The predicted molar refractivity (Wildman–Crippen MR) is 75.4 cm³/mol. The maximum Gasteiger partial charge on any atom is 0.315 e. The molecule has 2 aliphatic rings. The standard InChI is InChI=1S/C13H22N2O3S/c16-11(17)7-5-3-1-2-4-6-10-12-9(8-19-10)14-13(18)15-12/h9-10,12H,1-8H2,(H,16,17)(H2,14,15,18). The second-order valence-electron chi connectivity index (χ2n) is 5.32. The first-order chi connectivity index (χ1) is 9.16. The number of rotatable bonds is 8. The Kier molecular flexibility index (Phi) is 5.36. The molecule has 0 aromatic heterocycles. The summed E-state index contributed by atoms with van der Waals surface area (Å²) >= 11 is 1.95. The third-order valence-electron chi connectivity index (χ3n) is 3.82. The Balaban J connectivity index is 1.52. The monoisotopic (exact) mass is 286 g/mol. The van der Waals surface area contributed by atoms with Gasteiger partial charge in [-0.1, -0.05) is 25.7 Å². The van der Waals surface area contributed by atoms with Crippen LogP contribution in [0.4, 0.5) is 4.79 Å². The molecular weight excluding hydrogens is 264 g/mol. The Labute approximate surface area is 117 Å². The van der Waals surface area contributed by atoms with Crippen molar-refractivity contribution in [3.8, 4) is 0 Å². The van der Waals surface area contributed by atoms with Crippen LogP contribution < -0.4 is 10.6 Å². The van der Waals surface area contributed by atoms with Gasteiger partial charge < -0.3 is 15.7 Å². The van der Waals surface area contributed by atoms with E-state index in [9.17, 15) is 9.59 Å². The topological polar surface area (TPSA) is 78.4 Å². The third kappa shape index (κ3) is 4.30. The van der Waals surface area contributed by atoms with E-state index in [2.05, 4.69) is 10.6 Å². The van der Waals surface area contributed by atoms with Crippen LogP contribution in [-0.4, -0.2) is 40.2 Å². The number of amides is 2. The van der Waals surface area contributed by atoms with Crippen LogP contribution in [0.5, 0.6) is 0 Å². The molecule has 0 spiro atoms. The van der Waals surface area contributed by atoms with Gasteiger partial charge in [0.25, 0.3) is 0 Å². The molecule has 19 heavy (non-hydrogen) atoms. The molecule has 2 saturated heterocycles. The van der Waals surface area contributed by atoms with Gasteiger partial charge in [-0.05, 0) is 12.8 Å². The summed E-state index contributed by atoms with van der Waals surface area (Å²) in [6, 6.07) is 0.608. The molecule has 6 heteroatoms. The fourth-order valence-electron chi connectivity index (χ4n) is 2.80. The van der Waals surface area contributed by atoms with Crippen molar-refractivity contribution in [2.75, 3.05) is 5.75 Å². The lowest BCUT2D eigenvalue weighted by Crippen LogP contribution is -2.36. The van der Waals surface area contributed by atoms with Crippen LogP contribution in [0.3, 0.4) is 0 Å². The van der Waals surface area contributed by atoms with Crippen molar-refractivity contribution in [2.24, 2.45) is 0 Å². The van der Waals surface area contributed by atoms with Crippen molar-refractivity contribution in [3.63, 3.8) is 0 Å². The van der Waals surface area contributed by atoms with E-state index in [-0.39, 0.29) is 6.03 Å². The highest BCUT2D eigenvalue weighted by Crippen LogP contribution is 2.33. The van der Waals surface area contributed by atoms with Gasteiger partial charge in [0.15, 0.2) is 0 Å². The lowest BCUT2D eigenvalue weighted by molar-refractivity contribution is -0.137. The average molecular weight is 286 g/mol. The molecule has 0 radical (unpaired) electrons. The Morgan fingerprint density at radius 1 is 1.21 bits per heavy atom. The maximum absolute atomic E-state index is 11.2. The molecular formula is C13H22N2O3S. The molecule has 2 fully saturated rings. The first kappa shape index (κ1) is 14.5. The minimum atomic E-state index is -0.696. The van der Waals surface area contributed by atoms with Gasteiger partial charge in [0.2, 0.25) is 0 Å². The molecule has 0 bridgehead atoms. The summed E-state index contributed by atoms with van der Waals surface area (Å²) in [5.41, 5.74) is 0. The van der Waals surface area contributed by atoms with E-state index in [0.29, 0.717) is 23.8 Å². The Morgan fingerprint density at radius 3 is 2.74 bits per heavy atom. The fraction of sp³-hybridized carbons (Fsp3) is 0.846. The summed E-state index contributed by atoms with van der Waals surface area (Å²) in [5.74, 6) is 0.324. The molecule has 108 valence electrons. The quantitative estimate of drug-likeness (QED) is 0.471. The second kappa shape index (κ2) is 7.03. The van der Waals surface area contributed by atoms with Crippen molar-refractivity contribution in [2.45, 2.75) is 62.3 Å². The van der Waals surface area contributed by atoms with Crippen molar-refractivity contribution in [1.29, 1.82) is 0 Å². The molecule has 2 rings (SSSR count). The van der Waals surface area contributed by atoms with Crippen LogP contribution in [-0.2, 0) is 4.79 Å². The van der Waals surface area contributed by atoms with Gasteiger partial charge in [0.05, 0.1) is 12.1 Å². The number of nitrogens with one attached hydrogen (secondary N) is 2. The highest BCUT2D eigenvalue weighted by atomic mass is 32.2. The highest BCUT2D eigenvalue weighted by Gasteiger charge is 2.42. The zero-order valence-corrected chi connectivity index (χ0v) is 11.9. The van der Waals surface area contributed by atoms with Crippen LogP contribution >= 0.6 is 11.8 Å². The minimum absolute atomic E-state index is 0.0195. The average Bonchev–Trinajstić information content (AvgIpc) is 2.87. The van der Waals surface area contributed by atoms with E-state index in [0.717, 1.165) is 37.9 Å². The van der Waals surface area contributed by atoms with Gasteiger partial charge in [-0.15, -0.1) is 0 Å². The lowest BCUT2D eigenvalue weighted by atomic mass is 10.0. The molecule has 2 aliphatic heterocycles. The Hall–Kier alpha value is -0.910. The van der Waals surface area contributed by atoms with Crippen LogP contribution in [0.2, 0.25) is 0 Å². The molecule has 2 amide bonds. The fourth-order valence-corrected chi connectivity index (χ4v) is 4.34. The van der Waals surface area contributed by atoms with E-state index in [4.69, 9.17) is 5.11 Å². The van der Waals surface area contributed by atoms with E-state index >= 15 is 0 Å². The van der Waals surface area contributed by atoms with Crippen molar-refractivity contribution >= 4 is 23.8 Å². The number of carboxylic acids is 1. The molecule has 0 saturated carbocycles. The largest absolute Gasteiger partial charge is 0.481 e. The van der Waals surface area contributed by atoms with E-state index in [1.54, 1.807) is 0 Å². The Bertz CT molecular complexity index is 338. The van der Waals surface area contributed by atoms with Crippen LogP contribution in [0.1, 0.15) is 44.9 Å². The summed E-state index contributed by atoms with van der Waals surface area (Å²) in [5, 5.41) is 15.0. The number of urea groups is 1. The molecule has 3 unspecified atom stereocenters. The highest BCUT2D eigenvalue weighted by molar-refractivity contribution is 8.00. The molecule has 3 N–H and O–H groups in total. The number of hydrogen-bond acceptors (Lipinski definition) is 3. The normalized spacial score (nSPS) is 28.8. The molecule has 3 atom stereocenters. The Morgan fingerprint density at radius 2 is 1.95 bits per heavy atom. The molecule has 5 nitrogen and oxygen atoms in total. The summed E-state index contributed by atoms with van der Waals surface area (Å²) in [7, 11) is 0. The lowest BCUT2D eigenvalue weighted by Gasteiger charge is -2.16. The summed E-state index contributed by atoms with van der Waals surface area (Å²) in [6.07, 6.45) is 6.68. The third-order valence-corrected chi connectivity index (χ3v) is 5.33. The van der Waals surface area contributed by atoms with E-state index in [1.807, 2.05) is 11.8 Å². The van der Waals surface area contributed by atoms with Gasteiger partial charge in [-0.2, -0.15) is 11.8 Å². The first-order valence-corrected chi connectivity index (χ1v) is 8.12. The number of fused-ring (bicyclic) bond motifs is 1. The van der Waals surface area contributed by atoms with Crippen LogP contribution in [0.15, 0.2) is 0 Å². The SMILES string of the molecule is O=C(O)CCCCCCCC1SCC2NC(=O)NC21. The zero-order chi connectivity index (χ0) is 13.7. The maximum atomic E-state index is 11.2. The minimum Gasteiger partial charge on any atom is -0.481 e. The van der Waals surface area contributed by atoms with Crippen LogP contribution in [0.25, 0.3) is 0 Å². The van der Waals surface area contributed by atoms with Gasteiger partial charge in [-0.25, -0.2) is 4.79 Å². The number of carbonyl (C=O) groups excluding carboxylic acids is 1. The molecule has 0 aromatic carbocycles. The van der Waals surface area contributed by atoms with Gasteiger partial charge in [-0.3, -0.25) is 4.79 Å². The summed E-state index contributed by atoms with van der Waals surface area (Å²) in [6.45, 7) is 0. The second-order valence-corrected chi connectivity index (χ2v) is 6.59. The predicted octanol–water partition coefficient (Wildman–Crippen LogP) is 1.97. The number of carbonyl (C=O) groups is 2. The van der Waals surface area contributed by atoms with Crippen molar-refractivity contribution in [3.05, 3.63) is 0 Å².